The highest BCUT2D eigenvalue weighted by molar-refractivity contribution is 4.85. The maximum atomic E-state index is 5.39. The van der Waals surface area contributed by atoms with Crippen molar-refractivity contribution >= 4 is 0 Å². The van der Waals surface area contributed by atoms with Crippen molar-refractivity contribution in [1.29, 1.82) is 0 Å². The van der Waals surface area contributed by atoms with Crippen molar-refractivity contribution in [2.45, 2.75) is 33.9 Å². The first kappa shape index (κ1) is 12.1. The molecule has 0 aliphatic carbocycles. The van der Waals surface area contributed by atoms with Crippen molar-refractivity contribution in [2.24, 2.45) is 11.1 Å². The van der Waals surface area contributed by atoms with Crippen LogP contribution in [0, 0.1) is 5.41 Å². The Kier molecular flexibility index (Phi) is 3.82. The highest BCUT2D eigenvalue weighted by atomic mass is 16.5. The Morgan fingerprint density at radius 1 is 1.40 bits per heavy atom. The van der Waals surface area contributed by atoms with E-state index in [-0.39, 0.29) is 5.41 Å². The maximum Gasteiger partial charge on any atom is 0.240 e. The molecule has 1 aromatic heterocycles. The van der Waals surface area contributed by atoms with E-state index < -0.39 is 0 Å². The lowest BCUT2D eigenvalue weighted by Gasteiger charge is -2.25. The summed E-state index contributed by atoms with van der Waals surface area (Å²) in [6, 6.07) is 0. The summed E-state index contributed by atoms with van der Waals surface area (Å²) in [7, 11) is 2.05. The van der Waals surface area contributed by atoms with Crippen LogP contribution in [0.25, 0.3) is 0 Å². The largest absolute Gasteiger partial charge is 0.338 e. The van der Waals surface area contributed by atoms with Crippen molar-refractivity contribution in [2.75, 3.05) is 13.6 Å². The van der Waals surface area contributed by atoms with Gasteiger partial charge in [-0.15, -0.1) is 0 Å². The topological polar surface area (TPSA) is 68.2 Å². The molecule has 0 aromatic carbocycles. The van der Waals surface area contributed by atoms with Crippen molar-refractivity contribution < 1.29 is 4.52 Å². The minimum absolute atomic E-state index is 0.273. The van der Waals surface area contributed by atoms with Crippen LogP contribution in [0.4, 0.5) is 0 Å². The quantitative estimate of drug-likeness (QED) is 0.806. The third-order valence-corrected chi connectivity index (χ3v) is 1.84. The fourth-order valence-electron chi connectivity index (χ4n) is 1.54. The van der Waals surface area contributed by atoms with Gasteiger partial charge in [-0.25, -0.2) is 0 Å². The van der Waals surface area contributed by atoms with E-state index in [1.54, 1.807) is 0 Å². The molecule has 0 atom stereocenters. The molecule has 1 heterocycles. The summed E-state index contributed by atoms with van der Waals surface area (Å²) >= 11 is 0. The van der Waals surface area contributed by atoms with Crippen LogP contribution in [0.3, 0.4) is 0 Å². The molecule has 0 saturated carbocycles. The van der Waals surface area contributed by atoms with E-state index in [0.717, 1.165) is 6.54 Å². The number of nitrogens with two attached hydrogens (primary N) is 1. The maximum absolute atomic E-state index is 5.39. The number of hydrogen-bond acceptors (Lipinski definition) is 5. The molecule has 0 fully saturated rings. The molecular formula is C10H20N4O. The van der Waals surface area contributed by atoms with Crippen LogP contribution in [-0.2, 0) is 13.1 Å². The van der Waals surface area contributed by atoms with Gasteiger partial charge in [0, 0.05) is 6.54 Å². The number of rotatable bonds is 4. The summed E-state index contributed by atoms with van der Waals surface area (Å²) in [6.45, 7) is 8.58. The highest BCUT2D eigenvalue weighted by Crippen LogP contribution is 2.15. The first-order valence-corrected chi connectivity index (χ1v) is 5.11. The van der Waals surface area contributed by atoms with E-state index in [1.807, 2.05) is 7.05 Å². The highest BCUT2D eigenvalue weighted by Gasteiger charge is 2.15. The van der Waals surface area contributed by atoms with Crippen LogP contribution in [0.5, 0.6) is 0 Å². The van der Waals surface area contributed by atoms with Crippen molar-refractivity contribution in [3.05, 3.63) is 11.7 Å². The molecule has 0 amide bonds. The van der Waals surface area contributed by atoms with Gasteiger partial charge in [-0.2, -0.15) is 4.98 Å². The van der Waals surface area contributed by atoms with Crippen molar-refractivity contribution in [3.63, 3.8) is 0 Å². The number of aromatic nitrogens is 2. The Hall–Kier alpha value is -0.940. The predicted octanol–water partition coefficient (Wildman–Crippen LogP) is 1.01. The van der Waals surface area contributed by atoms with E-state index in [1.165, 1.54) is 0 Å². The van der Waals surface area contributed by atoms with Gasteiger partial charge < -0.3 is 10.3 Å². The second-order valence-electron chi connectivity index (χ2n) is 5.04. The van der Waals surface area contributed by atoms with Gasteiger partial charge in [0.15, 0.2) is 5.82 Å². The van der Waals surface area contributed by atoms with Crippen LogP contribution in [0.15, 0.2) is 4.52 Å². The zero-order valence-electron chi connectivity index (χ0n) is 9.95. The molecule has 86 valence electrons. The molecule has 0 saturated heterocycles. The average Bonchev–Trinajstić information content (AvgIpc) is 2.48. The molecule has 15 heavy (non-hydrogen) atoms. The lowest BCUT2D eigenvalue weighted by Crippen LogP contribution is -2.29. The van der Waals surface area contributed by atoms with Gasteiger partial charge in [0.25, 0.3) is 0 Å². The SMILES string of the molecule is CN(Cc1noc(CN)n1)CC(C)(C)C. The summed E-state index contributed by atoms with van der Waals surface area (Å²) in [5.74, 6) is 1.19. The molecule has 2 N–H and O–H groups in total. The fourth-order valence-corrected chi connectivity index (χ4v) is 1.54. The Morgan fingerprint density at radius 2 is 2.07 bits per heavy atom. The van der Waals surface area contributed by atoms with Crippen LogP contribution >= 0.6 is 0 Å². The molecular weight excluding hydrogens is 192 g/mol. The Morgan fingerprint density at radius 3 is 2.53 bits per heavy atom. The Bertz CT molecular complexity index is 303. The molecule has 5 heteroatoms. The van der Waals surface area contributed by atoms with Crippen LogP contribution < -0.4 is 5.73 Å². The smallest absolute Gasteiger partial charge is 0.240 e. The first-order chi connectivity index (χ1) is 6.90. The zero-order valence-corrected chi connectivity index (χ0v) is 9.95. The summed E-state index contributed by atoms with van der Waals surface area (Å²) in [5, 5.41) is 3.85. The summed E-state index contributed by atoms with van der Waals surface area (Å²) in [4.78, 5) is 6.33. The molecule has 0 radical (unpaired) electrons. The van der Waals surface area contributed by atoms with Crippen molar-refractivity contribution in [1.82, 2.24) is 15.0 Å². The summed E-state index contributed by atoms with van der Waals surface area (Å²) < 4.78 is 4.93. The monoisotopic (exact) mass is 212 g/mol. The summed E-state index contributed by atoms with van der Waals surface area (Å²) in [5.41, 5.74) is 5.66. The van der Waals surface area contributed by atoms with E-state index in [2.05, 4.69) is 35.8 Å². The van der Waals surface area contributed by atoms with Crippen LogP contribution in [-0.4, -0.2) is 28.6 Å². The number of hydrogen-bond donors (Lipinski definition) is 1. The third-order valence-electron chi connectivity index (χ3n) is 1.84. The molecule has 5 nitrogen and oxygen atoms in total. The van der Waals surface area contributed by atoms with Gasteiger partial charge >= 0.3 is 0 Å². The minimum atomic E-state index is 0.273. The Labute approximate surface area is 90.6 Å². The van der Waals surface area contributed by atoms with Gasteiger partial charge in [-0.05, 0) is 12.5 Å². The van der Waals surface area contributed by atoms with Crippen LogP contribution in [0.2, 0.25) is 0 Å². The van der Waals surface area contributed by atoms with Gasteiger partial charge in [0.05, 0.1) is 13.1 Å². The van der Waals surface area contributed by atoms with Gasteiger partial charge in [-0.1, -0.05) is 25.9 Å². The van der Waals surface area contributed by atoms with Gasteiger partial charge in [0.2, 0.25) is 5.89 Å². The molecule has 0 unspecified atom stereocenters. The zero-order chi connectivity index (χ0) is 11.5. The standard InChI is InChI=1S/C10H20N4O/c1-10(2,3)7-14(4)6-8-12-9(5-11)15-13-8/h5-7,11H2,1-4H3. The molecule has 1 rings (SSSR count). The Balaban J connectivity index is 2.47. The van der Waals surface area contributed by atoms with Gasteiger partial charge in [0.1, 0.15) is 0 Å². The predicted molar refractivity (Wildman–Crippen MR) is 58.0 cm³/mol. The van der Waals surface area contributed by atoms with E-state index in [9.17, 15) is 0 Å². The normalized spacial score (nSPS) is 12.4. The second-order valence-corrected chi connectivity index (χ2v) is 5.04. The average molecular weight is 212 g/mol. The molecule has 1 aromatic rings. The molecule has 0 spiro atoms. The molecule has 0 aliphatic rings. The lowest BCUT2D eigenvalue weighted by atomic mass is 9.96. The fraction of sp³-hybridized carbons (Fsp3) is 0.800. The molecule has 0 bridgehead atoms. The second kappa shape index (κ2) is 4.72. The summed E-state index contributed by atoms with van der Waals surface area (Å²) in [6.07, 6.45) is 0. The van der Waals surface area contributed by atoms with E-state index >= 15 is 0 Å². The molecule has 0 aliphatic heterocycles. The van der Waals surface area contributed by atoms with Gasteiger partial charge in [-0.3, -0.25) is 4.90 Å². The first-order valence-electron chi connectivity index (χ1n) is 5.11. The minimum Gasteiger partial charge on any atom is -0.338 e. The lowest BCUT2D eigenvalue weighted by molar-refractivity contribution is 0.214. The van der Waals surface area contributed by atoms with E-state index in [4.69, 9.17) is 10.3 Å². The van der Waals surface area contributed by atoms with E-state index in [0.29, 0.717) is 24.8 Å². The third kappa shape index (κ3) is 4.40. The number of nitrogens with zero attached hydrogens (tertiary/aromatic N) is 3. The van der Waals surface area contributed by atoms with Crippen molar-refractivity contribution in [3.8, 4) is 0 Å². The van der Waals surface area contributed by atoms with Crippen LogP contribution in [0.1, 0.15) is 32.5 Å².